The van der Waals surface area contributed by atoms with E-state index in [0.717, 1.165) is 6.42 Å². The summed E-state index contributed by atoms with van der Waals surface area (Å²) in [5.74, 6) is 0.250. The molecule has 0 amide bonds. The Balaban J connectivity index is 2.01. The minimum atomic E-state index is -2.96. The molecule has 1 fully saturated rings. The number of esters is 1. The summed E-state index contributed by atoms with van der Waals surface area (Å²) in [5.41, 5.74) is 0.115. The first-order valence-electron chi connectivity index (χ1n) is 5.89. The Kier molecular flexibility index (Phi) is 3.98. The Morgan fingerprint density at radius 1 is 1.42 bits per heavy atom. The van der Waals surface area contributed by atoms with Crippen LogP contribution < -0.4 is 5.32 Å². The average molecular weight is 285 g/mol. The van der Waals surface area contributed by atoms with Crippen molar-refractivity contribution >= 4 is 21.6 Å². The van der Waals surface area contributed by atoms with Crippen LogP contribution in [0, 0.1) is 0 Å². The molecule has 8 heteroatoms. The molecular weight excluding hydrogens is 270 g/mol. The van der Waals surface area contributed by atoms with Crippen LogP contribution in [0.4, 0.5) is 5.82 Å². The van der Waals surface area contributed by atoms with Crippen LogP contribution in [0.5, 0.6) is 0 Å². The van der Waals surface area contributed by atoms with Gasteiger partial charge in [-0.25, -0.2) is 13.2 Å². The van der Waals surface area contributed by atoms with Crippen molar-refractivity contribution in [1.82, 2.24) is 10.2 Å². The van der Waals surface area contributed by atoms with Crippen molar-refractivity contribution in [2.75, 3.05) is 23.9 Å². The van der Waals surface area contributed by atoms with Crippen molar-refractivity contribution in [3.8, 4) is 0 Å². The van der Waals surface area contributed by atoms with E-state index >= 15 is 0 Å². The van der Waals surface area contributed by atoms with Gasteiger partial charge < -0.3 is 10.1 Å². The van der Waals surface area contributed by atoms with Gasteiger partial charge in [0, 0.05) is 6.04 Å². The summed E-state index contributed by atoms with van der Waals surface area (Å²) < 4.78 is 27.5. The van der Waals surface area contributed by atoms with E-state index in [9.17, 15) is 13.2 Å². The van der Waals surface area contributed by atoms with Gasteiger partial charge in [0.2, 0.25) is 0 Å². The lowest BCUT2D eigenvalue weighted by Gasteiger charge is -2.23. The van der Waals surface area contributed by atoms with Crippen molar-refractivity contribution in [2.24, 2.45) is 0 Å². The maximum absolute atomic E-state index is 11.5. The van der Waals surface area contributed by atoms with Gasteiger partial charge in [0.25, 0.3) is 0 Å². The zero-order chi connectivity index (χ0) is 13.9. The molecule has 1 unspecified atom stereocenters. The van der Waals surface area contributed by atoms with Gasteiger partial charge in [-0.15, -0.1) is 10.2 Å². The molecule has 7 nitrogen and oxygen atoms in total. The SMILES string of the molecule is COC(=O)c1ccc(NC2CCCS(=O)(=O)C2)nn1. The molecule has 1 atom stereocenters. The number of carbonyl (C=O) groups excluding carboxylic acids is 1. The normalized spacial score (nSPS) is 21.6. The lowest BCUT2D eigenvalue weighted by Crippen LogP contribution is -2.35. The molecule has 1 aromatic heterocycles. The first-order chi connectivity index (χ1) is 9.00. The summed E-state index contributed by atoms with van der Waals surface area (Å²) in [6, 6.07) is 2.91. The number of rotatable bonds is 3. The van der Waals surface area contributed by atoms with E-state index in [4.69, 9.17) is 0 Å². The van der Waals surface area contributed by atoms with Crippen LogP contribution in [0.25, 0.3) is 0 Å². The number of nitrogens with one attached hydrogen (secondary N) is 1. The van der Waals surface area contributed by atoms with Crippen LogP contribution in [0.3, 0.4) is 0 Å². The number of ether oxygens (including phenoxy) is 1. The highest BCUT2D eigenvalue weighted by Crippen LogP contribution is 2.16. The van der Waals surface area contributed by atoms with Gasteiger partial charge in [-0.05, 0) is 25.0 Å². The quantitative estimate of drug-likeness (QED) is 0.795. The van der Waals surface area contributed by atoms with Crippen LogP contribution >= 0.6 is 0 Å². The second-order valence-electron chi connectivity index (χ2n) is 4.39. The summed E-state index contributed by atoms with van der Waals surface area (Å²) in [7, 11) is -1.70. The molecule has 1 aromatic rings. The van der Waals surface area contributed by atoms with Crippen molar-refractivity contribution in [1.29, 1.82) is 0 Å². The van der Waals surface area contributed by atoms with E-state index in [-0.39, 0.29) is 23.2 Å². The monoisotopic (exact) mass is 285 g/mol. The van der Waals surface area contributed by atoms with E-state index in [1.807, 2.05) is 0 Å². The number of methoxy groups -OCH3 is 1. The molecule has 0 aliphatic carbocycles. The number of nitrogens with zero attached hydrogens (tertiary/aromatic N) is 2. The van der Waals surface area contributed by atoms with Crippen LogP contribution in [0.15, 0.2) is 12.1 Å². The minimum Gasteiger partial charge on any atom is -0.464 e. The lowest BCUT2D eigenvalue weighted by atomic mass is 10.2. The second kappa shape index (κ2) is 5.52. The van der Waals surface area contributed by atoms with Crippen molar-refractivity contribution in [3.05, 3.63) is 17.8 Å². The molecule has 0 bridgehead atoms. The Morgan fingerprint density at radius 3 is 2.79 bits per heavy atom. The van der Waals surface area contributed by atoms with Gasteiger partial charge in [-0.3, -0.25) is 0 Å². The van der Waals surface area contributed by atoms with Gasteiger partial charge in [0.15, 0.2) is 15.5 Å². The molecule has 1 aliphatic rings. The average Bonchev–Trinajstić information content (AvgIpc) is 2.37. The van der Waals surface area contributed by atoms with Crippen molar-refractivity contribution in [2.45, 2.75) is 18.9 Å². The second-order valence-corrected chi connectivity index (χ2v) is 6.62. The maximum atomic E-state index is 11.5. The predicted molar refractivity (Wildman–Crippen MR) is 68.7 cm³/mol. The molecule has 2 heterocycles. The standard InChI is InChI=1S/C11H15N3O4S/c1-18-11(15)9-4-5-10(14-13-9)12-8-3-2-6-19(16,17)7-8/h4-5,8H,2-3,6-7H2,1H3,(H,12,14). The molecule has 19 heavy (non-hydrogen) atoms. The number of sulfone groups is 1. The molecule has 1 saturated heterocycles. The number of aromatic nitrogens is 2. The molecule has 0 radical (unpaired) electrons. The largest absolute Gasteiger partial charge is 0.464 e. The van der Waals surface area contributed by atoms with Crippen LogP contribution in [0.2, 0.25) is 0 Å². The third-order valence-electron chi connectivity index (χ3n) is 2.87. The van der Waals surface area contributed by atoms with E-state index < -0.39 is 15.8 Å². The predicted octanol–water partition coefficient (Wildman–Crippen LogP) is 0.252. The highest BCUT2D eigenvalue weighted by Gasteiger charge is 2.24. The third-order valence-corrected chi connectivity index (χ3v) is 4.70. The zero-order valence-corrected chi connectivity index (χ0v) is 11.3. The molecule has 0 spiro atoms. The molecular formula is C11H15N3O4S. The third kappa shape index (κ3) is 3.63. The Bertz CT molecular complexity index is 556. The molecule has 2 rings (SSSR count). The Hall–Kier alpha value is -1.70. The van der Waals surface area contributed by atoms with Crippen molar-refractivity contribution < 1.29 is 17.9 Å². The highest BCUT2D eigenvalue weighted by atomic mass is 32.2. The minimum absolute atomic E-state index is 0.105. The topological polar surface area (TPSA) is 98.2 Å². The number of hydrogen-bond donors (Lipinski definition) is 1. The maximum Gasteiger partial charge on any atom is 0.358 e. The van der Waals surface area contributed by atoms with Gasteiger partial charge in [0.05, 0.1) is 18.6 Å². The molecule has 0 saturated carbocycles. The Labute approximate surface area is 111 Å². The van der Waals surface area contributed by atoms with E-state index in [1.165, 1.54) is 13.2 Å². The number of hydrogen-bond acceptors (Lipinski definition) is 7. The van der Waals surface area contributed by atoms with Gasteiger partial charge >= 0.3 is 5.97 Å². The Morgan fingerprint density at radius 2 is 2.21 bits per heavy atom. The number of anilines is 1. The van der Waals surface area contributed by atoms with E-state index in [0.29, 0.717) is 12.2 Å². The van der Waals surface area contributed by atoms with E-state index in [2.05, 4.69) is 20.3 Å². The van der Waals surface area contributed by atoms with Gasteiger partial charge in [-0.2, -0.15) is 0 Å². The van der Waals surface area contributed by atoms with Crippen LogP contribution in [-0.2, 0) is 14.6 Å². The van der Waals surface area contributed by atoms with Gasteiger partial charge in [-0.1, -0.05) is 0 Å². The van der Waals surface area contributed by atoms with Crippen molar-refractivity contribution in [3.63, 3.8) is 0 Å². The highest BCUT2D eigenvalue weighted by molar-refractivity contribution is 7.91. The summed E-state index contributed by atoms with van der Waals surface area (Å²) >= 11 is 0. The molecule has 0 aromatic carbocycles. The summed E-state index contributed by atoms with van der Waals surface area (Å²) in [4.78, 5) is 11.2. The fourth-order valence-corrected chi connectivity index (χ4v) is 3.60. The van der Waals surface area contributed by atoms with E-state index in [1.54, 1.807) is 6.07 Å². The molecule has 1 aliphatic heterocycles. The first-order valence-corrected chi connectivity index (χ1v) is 7.71. The summed E-state index contributed by atoms with van der Waals surface area (Å²) in [5, 5.41) is 10.6. The van der Waals surface area contributed by atoms with Crippen LogP contribution in [0.1, 0.15) is 23.3 Å². The lowest BCUT2D eigenvalue weighted by molar-refractivity contribution is 0.0593. The fraction of sp³-hybridized carbons (Fsp3) is 0.545. The van der Waals surface area contributed by atoms with Gasteiger partial charge in [0.1, 0.15) is 5.82 Å². The summed E-state index contributed by atoms with van der Waals surface area (Å²) in [6.45, 7) is 0. The number of carbonyl (C=O) groups is 1. The molecule has 104 valence electrons. The zero-order valence-electron chi connectivity index (χ0n) is 10.5. The smallest absolute Gasteiger partial charge is 0.358 e. The first kappa shape index (κ1) is 13.7. The molecule has 1 N–H and O–H groups in total. The summed E-state index contributed by atoms with van der Waals surface area (Å²) in [6.07, 6.45) is 1.42. The fourth-order valence-electron chi connectivity index (χ4n) is 1.97. The van der Waals surface area contributed by atoms with Crippen LogP contribution in [-0.4, -0.2) is 49.2 Å².